The van der Waals surface area contributed by atoms with Gasteiger partial charge in [0.2, 0.25) is 5.91 Å². The van der Waals surface area contributed by atoms with Crippen LogP contribution < -0.4 is 21.1 Å². The summed E-state index contributed by atoms with van der Waals surface area (Å²) in [6.07, 6.45) is 2.98. The molecule has 4 rings (SSSR count). The maximum absolute atomic E-state index is 12.1. The highest BCUT2D eigenvalue weighted by Crippen LogP contribution is 2.26. The summed E-state index contributed by atoms with van der Waals surface area (Å²) in [5.41, 5.74) is 7.55. The van der Waals surface area contributed by atoms with Crippen molar-refractivity contribution in [3.63, 3.8) is 0 Å². The predicted molar refractivity (Wildman–Crippen MR) is 132 cm³/mol. The first kappa shape index (κ1) is 23.2. The number of amides is 1. The lowest BCUT2D eigenvalue weighted by Crippen LogP contribution is -2.45. The van der Waals surface area contributed by atoms with E-state index < -0.39 is 0 Å². The van der Waals surface area contributed by atoms with Crippen molar-refractivity contribution in [1.29, 1.82) is 5.41 Å². The molecule has 0 unspecified atom stereocenters. The Morgan fingerprint density at radius 2 is 1.76 bits per heavy atom. The number of nitrogen functional groups attached to an aromatic ring is 1. The summed E-state index contributed by atoms with van der Waals surface area (Å²) in [7, 11) is 1.77. The first-order chi connectivity index (χ1) is 16.5. The monoisotopic (exact) mass is 459 g/mol. The molecule has 9 nitrogen and oxygen atoms in total. The number of benzene rings is 2. The van der Waals surface area contributed by atoms with Gasteiger partial charge in [0.05, 0.1) is 17.8 Å². The van der Waals surface area contributed by atoms with Crippen LogP contribution in [0.25, 0.3) is 0 Å². The molecule has 1 fully saturated rings. The van der Waals surface area contributed by atoms with Crippen molar-refractivity contribution < 1.29 is 9.53 Å². The van der Waals surface area contributed by atoms with E-state index >= 15 is 0 Å². The highest BCUT2D eigenvalue weighted by molar-refractivity contribution is 6.16. The number of aromatic nitrogens is 2. The van der Waals surface area contributed by atoms with Crippen LogP contribution in [0.15, 0.2) is 60.9 Å². The molecule has 2 heterocycles. The number of likely N-dealkylation sites (N-methyl/N-ethyl adjacent to an activating group) is 1. The second kappa shape index (κ2) is 10.8. The molecular formula is C25H29N7O2. The summed E-state index contributed by atoms with van der Waals surface area (Å²) < 4.78 is 5.84. The van der Waals surface area contributed by atoms with Gasteiger partial charge in [0, 0.05) is 24.7 Å². The fourth-order valence-corrected chi connectivity index (χ4v) is 3.94. The van der Waals surface area contributed by atoms with Crippen LogP contribution in [0.5, 0.6) is 11.5 Å². The van der Waals surface area contributed by atoms with Gasteiger partial charge in [-0.1, -0.05) is 18.2 Å². The summed E-state index contributed by atoms with van der Waals surface area (Å²) >= 11 is 0. The number of rotatable bonds is 8. The van der Waals surface area contributed by atoms with E-state index in [9.17, 15) is 4.79 Å². The van der Waals surface area contributed by atoms with Crippen molar-refractivity contribution in [3.8, 4) is 11.5 Å². The SMILES string of the molecule is CNCC(=O)N1CCC(Nc2ncnc(N)c2C(=N)c2ccc(Oc3ccccc3)cc2)CC1. The Hall–Kier alpha value is -3.98. The molecule has 1 amide bonds. The van der Waals surface area contributed by atoms with Crippen molar-refractivity contribution >= 4 is 23.3 Å². The lowest BCUT2D eigenvalue weighted by molar-refractivity contribution is -0.131. The van der Waals surface area contributed by atoms with Crippen LogP contribution in [-0.2, 0) is 4.79 Å². The van der Waals surface area contributed by atoms with Crippen LogP contribution in [0.3, 0.4) is 0 Å². The van der Waals surface area contributed by atoms with Gasteiger partial charge >= 0.3 is 0 Å². The number of ether oxygens (including phenoxy) is 1. The van der Waals surface area contributed by atoms with Crippen molar-refractivity contribution in [1.82, 2.24) is 20.2 Å². The predicted octanol–water partition coefficient (Wildman–Crippen LogP) is 2.89. The summed E-state index contributed by atoms with van der Waals surface area (Å²) in [5, 5.41) is 15.1. The fraction of sp³-hybridized carbons (Fsp3) is 0.280. The zero-order valence-corrected chi connectivity index (χ0v) is 19.1. The molecule has 3 aromatic rings. The van der Waals surface area contributed by atoms with Gasteiger partial charge in [0.15, 0.2) is 0 Å². The number of nitrogens with zero attached hydrogens (tertiary/aromatic N) is 3. The van der Waals surface area contributed by atoms with E-state index in [1.807, 2.05) is 59.5 Å². The van der Waals surface area contributed by atoms with E-state index in [0.717, 1.165) is 18.6 Å². The molecule has 1 aliphatic rings. The molecule has 1 aliphatic heterocycles. The van der Waals surface area contributed by atoms with Gasteiger partial charge in [0.1, 0.15) is 29.5 Å². The zero-order valence-electron chi connectivity index (χ0n) is 19.1. The number of hydrogen-bond donors (Lipinski definition) is 4. The second-order valence-electron chi connectivity index (χ2n) is 8.13. The van der Waals surface area contributed by atoms with Crippen molar-refractivity contribution in [2.45, 2.75) is 18.9 Å². The Morgan fingerprint density at radius 1 is 1.09 bits per heavy atom. The van der Waals surface area contributed by atoms with Gasteiger partial charge in [-0.3, -0.25) is 10.2 Å². The van der Waals surface area contributed by atoms with Crippen LogP contribution in [0.4, 0.5) is 11.6 Å². The Morgan fingerprint density at radius 3 is 2.44 bits per heavy atom. The Labute approximate surface area is 198 Å². The first-order valence-corrected chi connectivity index (χ1v) is 11.3. The van der Waals surface area contributed by atoms with E-state index in [1.165, 1.54) is 6.33 Å². The maximum Gasteiger partial charge on any atom is 0.236 e. The minimum atomic E-state index is 0.106. The van der Waals surface area contributed by atoms with Gasteiger partial charge < -0.3 is 26.0 Å². The van der Waals surface area contributed by atoms with Crippen LogP contribution >= 0.6 is 0 Å². The molecule has 0 radical (unpaired) electrons. The number of likely N-dealkylation sites (tertiary alicyclic amines) is 1. The van der Waals surface area contributed by atoms with Crippen molar-refractivity contribution in [2.75, 3.05) is 37.7 Å². The number of carbonyl (C=O) groups is 1. The van der Waals surface area contributed by atoms with E-state index in [4.69, 9.17) is 15.9 Å². The molecule has 9 heteroatoms. The highest BCUT2D eigenvalue weighted by atomic mass is 16.5. The molecule has 0 aliphatic carbocycles. The van der Waals surface area contributed by atoms with Gasteiger partial charge in [-0.25, -0.2) is 9.97 Å². The van der Waals surface area contributed by atoms with Crippen molar-refractivity contribution in [2.24, 2.45) is 0 Å². The van der Waals surface area contributed by atoms with Gasteiger partial charge in [-0.15, -0.1) is 0 Å². The number of para-hydroxylation sites is 1. The Balaban J connectivity index is 1.45. The molecule has 0 atom stereocenters. The second-order valence-corrected chi connectivity index (χ2v) is 8.13. The van der Waals surface area contributed by atoms with E-state index in [0.29, 0.717) is 42.3 Å². The summed E-state index contributed by atoms with van der Waals surface area (Å²) in [6.45, 7) is 1.69. The third-order valence-electron chi connectivity index (χ3n) is 5.77. The Bertz CT molecular complexity index is 1130. The molecule has 0 bridgehead atoms. The van der Waals surface area contributed by atoms with E-state index in [2.05, 4.69) is 20.6 Å². The largest absolute Gasteiger partial charge is 0.457 e. The molecule has 2 aromatic carbocycles. The minimum Gasteiger partial charge on any atom is -0.457 e. The van der Waals surface area contributed by atoms with Crippen molar-refractivity contribution in [3.05, 3.63) is 72.1 Å². The number of piperidine rings is 1. The molecule has 0 saturated carbocycles. The third-order valence-corrected chi connectivity index (χ3v) is 5.77. The van der Waals surface area contributed by atoms with E-state index in [-0.39, 0.29) is 23.5 Å². The van der Waals surface area contributed by atoms with Gasteiger partial charge in [0.25, 0.3) is 0 Å². The summed E-state index contributed by atoms with van der Waals surface area (Å²) in [6, 6.07) is 16.9. The van der Waals surface area contributed by atoms with Crippen LogP contribution in [0, 0.1) is 5.41 Å². The topological polar surface area (TPSA) is 129 Å². The van der Waals surface area contributed by atoms with Gasteiger partial charge in [-0.2, -0.15) is 0 Å². The minimum absolute atomic E-state index is 0.106. The molecule has 1 saturated heterocycles. The molecule has 176 valence electrons. The van der Waals surface area contributed by atoms with E-state index in [1.54, 1.807) is 7.05 Å². The Kier molecular flexibility index (Phi) is 7.34. The normalized spacial score (nSPS) is 14.0. The number of carbonyl (C=O) groups excluding carboxylic acids is 1. The molecule has 1 aromatic heterocycles. The lowest BCUT2D eigenvalue weighted by Gasteiger charge is -2.33. The molecular weight excluding hydrogens is 430 g/mol. The van der Waals surface area contributed by atoms with Crippen LogP contribution in [0.2, 0.25) is 0 Å². The standard InChI is InChI=1S/C25H29N7O2/c1-28-15-21(33)32-13-11-18(12-14-32)31-25-22(24(27)29-16-30-25)23(26)17-7-9-20(10-8-17)34-19-5-3-2-4-6-19/h2-10,16,18,26,28H,11-15H2,1H3,(H3,27,29,30,31). The average molecular weight is 460 g/mol. The summed E-state index contributed by atoms with van der Waals surface area (Å²) in [5.74, 6) is 2.31. The number of anilines is 2. The number of hydrogen-bond acceptors (Lipinski definition) is 8. The van der Waals surface area contributed by atoms with Crippen LogP contribution in [0.1, 0.15) is 24.0 Å². The van der Waals surface area contributed by atoms with Crippen LogP contribution in [-0.4, -0.2) is 59.2 Å². The highest BCUT2D eigenvalue weighted by Gasteiger charge is 2.24. The molecule has 34 heavy (non-hydrogen) atoms. The molecule has 5 N–H and O–H groups in total. The summed E-state index contributed by atoms with van der Waals surface area (Å²) in [4.78, 5) is 22.5. The third kappa shape index (κ3) is 5.49. The number of nitrogens with two attached hydrogens (primary N) is 1. The fourth-order valence-electron chi connectivity index (χ4n) is 3.94. The lowest BCUT2D eigenvalue weighted by atomic mass is 10.0. The zero-order chi connectivity index (χ0) is 23.9. The quantitative estimate of drug-likeness (QED) is 0.381. The number of nitrogens with one attached hydrogen (secondary N) is 3. The average Bonchev–Trinajstić information content (AvgIpc) is 2.85. The molecule has 0 spiro atoms. The maximum atomic E-state index is 12.1. The smallest absolute Gasteiger partial charge is 0.236 e. The van der Waals surface area contributed by atoms with Gasteiger partial charge in [-0.05, 0) is 56.3 Å². The first-order valence-electron chi connectivity index (χ1n) is 11.3.